The van der Waals surface area contributed by atoms with Gasteiger partial charge in [0.2, 0.25) is 0 Å². The zero-order chi connectivity index (χ0) is 23.9. The topological polar surface area (TPSA) is 94.5 Å². The molecule has 2 N–H and O–H groups in total. The van der Waals surface area contributed by atoms with E-state index in [1.54, 1.807) is 86.1 Å². The van der Waals surface area contributed by atoms with Crippen LogP contribution < -0.4 is 20.1 Å². The van der Waals surface area contributed by atoms with Crippen LogP contribution in [0.4, 0.5) is 11.4 Å². The number of methoxy groups -OCH3 is 1. The average molecular weight is 457 g/mol. The summed E-state index contributed by atoms with van der Waals surface area (Å²) >= 11 is 0. The van der Waals surface area contributed by atoms with Crippen molar-refractivity contribution in [1.29, 1.82) is 0 Å². The molecule has 0 spiro atoms. The zero-order valence-corrected chi connectivity index (χ0v) is 18.8. The molecular formula is C26H24N4O4. The van der Waals surface area contributed by atoms with E-state index in [0.717, 1.165) is 5.82 Å². The van der Waals surface area contributed by atoms with Gasteiger partial charge in [-0.05, 0) is 72.8 Å². The number of benzene rings is 3. The molecule has 4 aromatic rings. The minimum absolute atomic E-state index is 0.246. The highest BCUT2D eigenvalue weighted by atomic mass is 16.5. The number of carbonyl (C=O) groups is 2. The number of aromatic nitrogens is 2. The van der Waals surface area contributed by atoms with Gasteiger partial charge in [-0.15, -0.1) is 0 Å². The molecule has 172 valence electrons. The van der Waals surface area contributed by atoms with E-state index in [-0.39, 0.29) is 11.8 Å². The Kier molecular flexibility index (Phi) is 6.88. The molecule has 0 atom stereocenters. The summed E-state index contributed by atoms with van der Waals surface area (Å²) in [7, 11) is 3.49. The molecule has 0 saturated carbocycles. The van der Waals surface area contributed by atoms with Crippen LogP contribution in [0.25, 0.3) is 0 Å². The van der Waals surface area contributed by atoms with E-state index in [1.807, 2.05) is 17.8 Å². The standard InChI is InChI=1S/C26H24N4O4/c1-30-16-15-27-24(30)17-34-23-11-5-19(6-12-23)26(32)28-20-7-3-18(4-8-20)25(31)29-21-9-13-22(33-2)14-10-21/h3-16H,17H2,1-2H3,(H,28,32)(H,29,31). The van der Waals surface area contributed by atoms with Crippen molar-refractivity contribution in [3.05, 3.63) is 102 Å². The lowest BCUT2D eigenvalue weighted by atomic mass is 10.1. The van der Waals surface area contributed by atoms with Crippen molar-refractivity contribution in [3.63, 3.8) is 0 Å². The van der Waals surface area contributed by atoms with Gasteiger partial charge < -0.3 is 24.7 Å². The van der Waals surface area contributed by atoms with Gasteiger partial charge in [0.1, 0.15) is 23.9 Å². The van der Waals surface area contributed by atoms with Crippen LogP contribution in [0.3, 0.4) is 0 Å². The molecule has 0 saturated heterocycles. The summed E-state index contributed by atoms with van der Waals surface area (Å²) in [5.41, 5.74) is 2.21. The summed E-state index contributed by atoms with van der Waals surface area (Å²) in [5.74, 6) is 1.66. The summed E-state index contributed by atoms with van der Waals surface area (Å²) < 4.78 is 12.7. The van der Waals surface area contributed by atoms with Crippen molar-refractivity contribution < 1.29 is 19.1 Å². The minimum atomic E-state index is -0.258. The number of carbonyl (C=O) groups excluding carboxylic acids is 2. The molecule has 0 bridgehead atoms. The minimum Gasteiger partial charge on any atom is -0.497 e. The summed E-state index contributed by atoms with van der Waals surface area (Å²) in [4.78, 5) is 29.2. The number of nitrogens with one attached hydrogen (secondary N) is 2. The Labute approximate surface area is 197 Å². The van der Waals surface area contributed by atoms with Crippen molar-refractivity contribution in [3.8, 4) is 11.5 Å². The molecule has 0 unspecified atom stereocenters. The lowest BCUT2D eigenvalue weighted by molar-refractivity contribution is 0.102. The molecule has 2 amide bonds. The summed E-state index contributed by atoms with van der Waals surface area (Å²) in [6.45, 7) is 0.341. The van der Waals surface area contributed by atoms with Gasteiger partial charge in [-0.3, -0.25) is 9.59 Å². The molecular weight excluding hydrogens is 432 g/mol. The highest BCUT2D eigenvalue weighted by Crippen LogP contribution is 2.18. The van der Waals surface area contributed by atoms with Crippen molar-refractivity contribution in [2.75, 3.05) is 17.7 Å². The van der Waals surface area contributed by atoms with Gasteiger partial charge in [-0.2, -0.15) is 0 Å². The van der Waals surface area contributed by atoms with Gasteiger partial charge in [0, 0.05) is 41.9 Å². The number of nitrogens with zero attached hydrogens (tertiary/aromatic N) is 2. The van der Waals surface area contributed by atoms with Crippen LogP contribution in [0.15, 0.2) is 85.2 Å². The van der Waals surface area contributed by atoms with Gasteiger partial charge in [0.05, 0.1) is 7.11 Å². The molecule has 0 aliphatic carbocycles. The third-order valence-corrected chi connectivity index (χ3v) is 5.16. The fraction of sp³-hybridized carbons (Fsp3) is 0.115. The molecule has 1 aromatic heterocycles. The summed E-state index contributed by atoms with van der Waals surface area (Å²) in [6.07, 6.45) is 3.57. The number of amides is 2. The molecule has 0 radical (unpaired) electrons. The molecule has 8 nitrogen and oxygen atoms in total. The lowest BCUT2D eigenvalue weighted by Crippen LogP contribution is -2.13. The Morgan fingerprint density at radius 2 is 1.29 bits per heavy atom. The molecule has 0 fully saturated rings. The Morgan fingerprint density at radius 3 is 1.79 bits per heavy atom. The molecule has 3 aromatic carbocycles. The first-order valence-electron chi connectivity index (χ1n) is 10.6. The number of hydrogen-bond donors (Lipinski definition) is 2. The molecule has 34 heavy (non-hydrogen) atoms. The second-order valence-corrected chi connectivity index (χ2v) is 7.48. The highest BCUT2D eigenvalue weighted by Gasteiger charge is 2.10. The normalized spacial score (nSPS) is 10.4. The van der Waals surface area contributed by atoms with E-state index in [0.29, 0.717) is 40.6 Å². The lowest BCUT2D eigenvalue weighted by Gasteiger charge is -2.09. The predicted molar refractivity (Wildman–Crippen MR) is 129 cm³/mol. The van der Waals surface area contributed by atoms with Crippen LogP contribution in [0.5, 0.6) is 11.5 Å². The fourth-order valence-electron chi connectivity index (χ4n) is 3.17. The number of ether oxygens (including phenoxy) is 2. The van der Waals surface area contributed by atoms with E-state index < -0.39 is 0 Å². The predicted octanol–water partition coefficient (Wildman–Crippen LogP) is 4.51. The number of hydrogen-bond acceptors (Lipinski definition) is 5. The second-order valence-electron chi connectivity index (χ2n) is 7.48. The van der Waals surface area contributed by atoms with Gasteiger partial charge in [-0.1, -0.05) is 0 Å². The first kappa shape index (κ1) is 22.6. The largest absolute Gasteiger partial charge is 0.497 e. The first-order valence-corrected chi connectivity index (χ1v) is 10.6. The van der Waals surface area contributed by atoms with Crippen molar-refractivity contribution in [2.24, 2.45) is 7.05 Å². The Morgan fingerprint density at radius 1 is 0.794 bits per heavy atom. The van der Waals surface area contributed by atoms with Crippen LogP contribution >= 0.6 is 0 Å². The fourth-order valence-corrected chi connectivity index (χ4v) is 3.17. The number of anilines is 2. The third kappa shape index (κ3) is 5.60. The maximum absolute atomic E-state index is 12.6. The average Bonchev–Trinajstić information content (AvgIpc) is 3.28. The van der Waals surface area contributed by atoms with Crippen LogP contribution in [0, 0.1) is 0 Å². The Hall–Kier alpha value is -4.59. The number of aryl methyl sites for hydroxylation is 1. The molecule has 8 heteroatoms. The van der Waals surface area contributed by atoms with Gasteiger partial charge in [0.25, 0.3) is 11.8 Å². The van der Waals surface area contributed by atoms with Crippen molar-refractivity contribution >= 4 is 23.2 Å². The van der Waals surface area contributed by atoms with E-state index >= 15 is 0 Å². The molecule has 1 heterocycles. The Balaban J connectivity index is 1.31. The van der Waals surface area contributed by atoms with Crippen LogP contribution in [-0.4, -0.2) is 28.5 Å². The van der Waals surface area contributed by atoms with Crippen LogP contribution in [-0.2, 0) is 13.7 Å². The van der Waals surface area contributed by atoms with Crippen LogP contribution in [0.1, 0.15) is 26.5 Å². The van der Waals surface area contributed by atoms with E-state index in [2.05, 4.69) is 15.6 Å². The quantitative estimate of drug-likeness (QED) is 0.407. The maximum atomic E-state index is 12.6. The van der Waals surface area contributed by atoms with E-state index in [1.165, 1.54) is 0 Å². The zero-order valence-electron chi connectivity index (χ0n) is 18.8. The first-order chi connectivity index (χ1) is 16.5. The third-order valence-electron chi connectivity index (χ3n) is 5.16. The monoisotopic (exact) mass is 456 g/mol. The molecule has 0 aliphatic rings. The smallest absolute Gasteiger partial charge is 0.255 e. The SMILES string of the molecule is COc1ccc(NC(=O)c2ccc(NC(=O)c3ccc(OCc4nccn4C)cc3)cc2)cc1. The van der Waals surface area contributed by atoms with Crippen LogP contribution in [0.2, 0.25) is 0 Å². The van der Waals surface area contributed by atoms with Crippen molar-refractivity contribution in [2.45, 2.75) is 6.61 Å². The summed E-state index contributed by atoms with van der Waals surface area (Å²) in [5, 5.41) is 5.65. The maximum Gasteiger partial charge on any atom is 0.255 e. The van der Waals surface area contributed by atoms with E-state index in [9.17, 15) is 9.59 Å². The Bertz CT molecular complexity index is 1260. The molecule has 4 rings (SSSR count). The number of rotatable bonds is 8. The van der Waals surface area contributed by atoms with Gasteiger partial charge >= 0.3 is 0 Å². The van der Waals surface area contributed by atoms with Gasteiger partial charge in [-0.25, -0.2) is 4.98 Å². The van der Waals surface area contributed by atoms with Gasteiger partial charge in [0.15, 0.2) is 0 Å². The summed E-state index contributed by atoms with van der Waals surface area (Å²) in [6, 6.07) is 20.6. The number of imidazole rings is 1. The highest BCUT2D eigenvalue weighted by molar-refractivity contribution is 6.06. The molecule has 0 aliphatic heterocycles. The van der Waals surface area contributed by atoms with Crippen molar-refractivity contribution in [1.82, 2.24) is 9.55 Å². The van der Waals surface area contributed by atoms with E-state index in [4.69, 9.17) is 9.47 Å². The second kappa shape index (κ2) is 10.4.